The molecular weight excluding hydrogens is 355 g/mol. The second-order valence-electron chi connectivity index (χ2n) is 6.86. The summed E-state index contributed by atoms with van der Waals surface area (Å²) in [7, 11) is 1.72. The molecule has 1 fully saturated rings. The minimum Gasteiger partial charge on any atom is -0.354 e. The Morgan fingerprint density at radius 1 is 1.07 bits per heavy atom. The van der Waals surface area contributed by atoms with Crippen molar-refractivity contribution in [1.82, 2.24) is 20.5 Å². The summed E-state index contributed by atoms with van der Waals surface area (Å²) >= 11 is 0. The average molecular weight is 385 g/mol. The van der Waals surface area contributed by atoms with Crippen LogP contribution in [0, 0.1) is 5.82 Å². The Bertz CT molecular complexity index is 769. The molecule has 1 aromatic heterocycles. The van der Waals surface area contributed by atoms with Gasteiger partial charge < -0.3 is 20.4 Å². The summed E-state index contributed by atoms with van der Waals surface area (Å²) < 4.78 is 13.3. The van der Waals surface area contributed by atoms with Crippen LogP contribution in [0.5, 0.6) is 0 Å². The molecule has 0 spiro atoms. The van der Waals surface area contributed by atoms with Crippen LogP contribution in [0.2, 0.25) is 0 Å². The zero-order valence-electron chi connectivity index (χ0n) is 16.7. The van der Waals surface area contributed by atoms with Crippen molar-refractivity contribution in [3.63, 3.8) is 0 Å². The van der Waals surface area contributed by atoms with E-state index in [2.05, 4.69) is 49.5 Å². The molecule has 150 valence electrons. The Labute approximate surface area is 166 Å². The highest BCUT2D eigenvalue weighted by Crippen LogP contribution is 2.14. The van der Waals surface area contributed by atoms with Crippen LogP contribution in [0.1, 0.15) is 18.1 Å². The highest BCUT2D eigenvalue weighted by molar-refractivity contribution is 5.79. The largest absolute Gasteiger partial charge is 0.354 e. The van der Waals surface area contributed by atoms with Crippen molar-refractivity contribution in [3.8, 4) is 0 Å². The summed E-state index contributed by atoms with van der Waals surface area (Å²) in [6.07, 6.45) is 1.91. The molecule has 0 atom stereocenters. The third kappa shape index (κ3) is 5.66. The molecule has 1 aliphatic rings. The molecule has 7 heteroatoms. The smallest absolute Gasteiger partial charge is 0.191 e. The Kier molecular flexibility index (Phi) is 7.19. The van der Waals surface area contributed by atoms with Crippen molar-refractivity contribution in [3.05, 3.63) is 59.5 Å². The van der Waals surface area contributed by atoms with E-state index in [4.69, 9.17) is 0 Å². The molecule has 6 nitrogen and oxygen atoms in total. The van der Waals surface area contributed by atoms with Gasteiger partial charge in [-0.3, -0.25) is 4.99 Å². The lowest BCUT2D eigenvalue weighted by Crippen LogP contribution is -2.46. The van der Waals surface area contributed by atoms with E-state index in [-0.39, 0.29) is 5.82 Å². The predicted octanol–water partition coefficient (Wildman–Crippen LogP) is 2.23. The van der Waals surface area contributed by atoms with Crippen LogP contribution in [0.15, 0.2) is 47.6 Å². The van der Waals surface area contributed by atoms with E-state index in [1.807, 2.05) is 12.3 Å². The SMILES string of the molecule is CCN1CCN(c2ccc(CNC(=NC)NCc3cccc(F)c3)cn2)CC1. The molecule has 28 heavy (non-hydrogen) atoms. The number of halogens is 1. The van der Waals surface area contributed by atoms with E-state index < -0.39 is 0 Å². The molecule has 2 heterocycles. The average Bonchev–Trinajstić information content (AvgIpc) is 2.74. The fraction of sp³-hybridized carbons (Fsp3) is 0.429. The number of aromatic nitrogens is 1. The van der Waals surface area contributed by atoms with Gasteiger partial charge in [0.1, 0.15) is 11.6 Å². The molecule has 0 saturated carbocycles. The summed E-state index contributed by atoms with van der Waals surface area (Å²) in [6.45, 7) is 8.68. The number of likely N-dealkylation sites (N-methyl/N-ethyl adjacent to an activating group) is 1. The van der Waals surface area contributed by atoms with Crippen molar-refractivity contribution in [2.45, 2.75) is 20.0 Å². The van der Waals surface area contributed by atoms with Crippen molar-refractivity contribution in [2.24, 2.45) is 4.99 Å². The van der Waals surface area contributed by atoms with Crippen molar-refractivity contribution < 1.29 is 4.39 Å². The van der Waals surface area contributed by atoms with Gasteiger partial charge in [-0.05, 0) is 35.9 Å². The van der Waals surface area contributed by atoms with Crippen molar-refractivity contribution in [1.29, 1.82) is 0 Å². The minimum absolute atomic E-state index is 0.232. The van der Waals surface area contributed by atoms with E-state index in [0.717, 1.165) is 49.7 Å². The number of pyridine rings is 1. The quantitative estimate of drug-likeness (QED) is 0.591. The molecule has 1 saturated heterocycles. The number of piperazine rings is 1. The molecule has 0 amide bonds. The van der Waals surface area contributed by atoms with E-state index in [1.54, 1.807) is 13.1 Å². The normalized spacial score (nSPS) is 15.5. The Morgan fingerprint density at radius 3 is 2.43 bits per heavy atom. The third-order valence-electron chi connectivity index (χ3n) is 4.99. The topological polar surface area (TPSA) is 55.8 Å². The number of guanidine groups is 1. The fourth-order valence-corrected chi connectivity index (χ4v) is 3.24. The lowest BCUT2D eigenvalue weighted by molar-refractivity contribution is 0.270. The van der Waals surface area contributed by atoms with Gasteiger partial charge in [0, 0.05) is 52.5 Å². The molecule has 0 aliphatic carbocycles. The number of aliphatic imine (C=N–C) groups is 1. The van der Waals surface area contributed by atoms with Crippen LogP contribution < -0.4 is 15.5 Å². The first-order chi connectivity index (χ1) is 13.7. The van der Waals surface area contributed by atoms with Gasteiger partial charge in [-0.2, -0.15) is 0 Å². The number of rotatable bonds is 6. The highest BCUT2D eigenvalue weighted by atomic mass is 19.1. The molecule has 1 aromatic carbocycles. The number of nitrogens with zero attached hydrogens (tertiary/aromatic N) is 4. The summed E-state index contributed by atoms with van der Waals surface area (Å²) in [4.78, 5) is 13.6. The molecule has 0 bridgehead atoms. The number of benzene rings is 1. The molecule has 1 aliphatic heterocycles. The van der Waals surface area contributed by atoms with Gasteiger partial charge in [0.15, 0.2) is 5.96 Å². The fourth-order valence-electron chi connectivity index (χ4n) is 3.24. The Balaban J connectivity index is 1.47. The monoisotopic (exact) mass is 384 g/mol. The third-order valence-corrected chi connectivity index (χ3v) is 4.99. The number of hydrogen-bond donors (Lipinski definition) is 2. The first-order valence-corrected chi connectivity index (χ1v) is 9.79. The first kappa shape index (κ1) is 20.1. The summed E-state index contributed by atoms with van der Waals surface area (Å²) in [5.74, 6) is 1.47. The van der Waals surface area contributed by atoms with Gasteiger partial charge in [0.2, 0.25) is 0 Å². The van der Waals surface area contributed by atoms with Gasteiger partial charge >= 0.3 is 0 Å². The summed E-state index contributed by atoms with van der Waals surface area (Å²) in [5, 5.41) is 6.46. The standard InChI is InChI=1S/C21H29FN6/c1-3-27-9-11-28(12-10-27)20-8-7-18(15-24-20)16-26-21(23-2)25-14-17-5-4-6-19(22)13-17/h4-8,13,15H,3,9-12,14,16H2,1-2H3,(H2,23,25,26). The van der Waals surface area contributed by atoms with Crippen LogP contribution >= 0.6 is 0 Å². The maximum Gasteiger partial charge on any atom is 0.191 e. The van der Waals surface area contributed by atoms with Crippen LogP contribution in [0.4, 0.5) is 10.2 Å². The second kappa shape index (κ2) is 10.0. The second-order valence-corrected chi connectivity index (χ2v) is 6.86. The molecule has 3 rings (SSSR count). The Morgan fingerprint density at radius 2 is 1.82 bits per heavy atom. The number of anilines is 1. The zero-order chi connectivity index (χ0) is 19.8. The number of hydrogen-bond acceptors (Lipinski definition) is 4. The zero-order valence-corrected chi connectivity index (χ0v) is 16.7. The maximum atomic E-state index is 13.3. The molecule has 0 unspecified atom stereocenters. The molecule has 2 N–H and O–H groups in total. The lowest BCUT2D eigenvalue weighted by Gasteiger charge is -2.34. The minimum atomic E-state index is -0.232. The van der Waals surface area contributed by atoms with Gasteiger partial charge in [-0.1, -0.05) is 25.1 Å². The predicted molar refractivity (Wildman–Crippen MR) is 112 cm³/mol. The van der Waals surface area contributed by atoms with Gasteiger partial charge in [-0.25, -0.2) is 9.37 Å². The van der Waals surface area contributed by atoms with Crippen LogP contribution in [-0.4, -0.2) is 55.6 Å². The van der Waals surface area contributed by atoms with Crippen LogP contribution in [-0.2, 0) is 13.1 Å². The van der Waals surface area contributed by atoms with Crippen molar-refractivity contribution in [2.75, 3.05) is 44.7 Å². The molecule has 0 radical (unpaired) electrons. The Hall–Kier alpha value is -2.67. The molecular formula is C21H29FN6. The van der Waals surface area contributed by atoms with E-state index >= 15 is 0 Å². The van der Waals surface area contributed by atoms with E-state index in [0.29, 0.717) is 19.0 Å². The lowest BCUT2D eigenvalue weighted by atomic mass is 10.2. The molecule has 2 aromatic rings. The highest BCUT2D eigenvalue weighted by Gasteiger charge is 2.16. The van der Waals surface area contributed by atoms with Crippen molar-refractivity contribution >= 4 is 11.8 Å². The van der Waals surface area contributed by atoms with Crippen LogP contribution in [0.3, 0.4) is 0 Å². The van der Waals surface area contributed by atoms with Crippen LogP contribution in [0.25, 0.3) is 0 Å². The number of nitrogens with one attached hydrogen (secondary N) is 2. The van der Waals surface area contributed by atoms with Gasteiger partial charge in [0.05, 0.1) is 0 Å². The van der Waals surface area contributed by atoms with Gasteiger partial charge in [0.25, 0.3) is 0 Å². The van der Waals surface area contributed by atoms with E-state index in [1.165, 1.54) is 12.1 Å². The first-order valence-electron chi connectivity index (χ1n) is 9.79. The van der Waals surface area contributed by atoms with Gasteiger partial charge in [-0.15, -0.1) is 0 Å². The summed E-state index contributed by atoms with van der Waals surface area (Å²) in [5.41, 5.74) is 1.96. The summed E-state index contributed by atoms with van der Waals surface area (Å²) in [6, 6.07) is 10.7. The van der Waals surface area contributed by atoms with E-state index in [9.17, 15) is 4.39 Å². The maximum absolute atomic E-state index is 13.3.